The fourth-order valence-corrected chi connectivity index (χ4v) is 4.51. The number of carbonyl (C=O) groups is 3. The first-order valence-electron chi connectivity index (χ1n) is 8.99. The van der Waals surface area contributed by atoms with Crippen molar-refractivity contribution >= 4 is 57.5 Å². The zero-order valence-electron chi connectivity index (χ0n) is 16.5. The minimum Gasteiger partial charge on any atom is -0.462 e. The van der Waals surface area contributed by atoms with E-state index >= 15 is 0 Å². The molecule has 1 aromatic carbocycles. The maximum Gasteiger partial charge on any atom is 0.348 e. The molecule has 6 nitrogen and oxygen atoms in total. The van der Waals surface area contributed by atoms with Crippen molar-refractivity contribution in [2.24, 2.45) is 0 Å². The lowest BCUT2D eigenvalue weighted by molar-refractivity contribution is -0.115. The molecular weight excluding hydrogens is 434 g/mol. The first-order chi connectivity index (χ1) is 13.8. The summed E-state index contributed by atoms with van der Waals surface area (Å²) in [5, 5.41) is 3.21. The van der Waals surface area contributed by atoms with Gasteiger partial charge in [0.15, 0.2) is 0 Å². The molecule has 1 aromatic heterocycles. The van der Waals surface area contributed by atoms with Crippen LogP contribution in [0.4, 0.5) is 5.00 Å². The molecule has 0 fully saturated rings. The Balaban J connectivity index is 2.25. The standard InChI is InChI=1S/C20H22ClNO5S2/c1-5-26-19(24)15-11(3)16(20(25)27-6-2)29-18(15)22-17(23)12(4)28-14-9-7-13(21)8-10-14/h7-10,12H,5-6H2,1-4H3,(H,22,23)/t12-/m0/s1. The van der Waals surface area contributed by atoms with Crippen LogP contribution in [0.3, 0.4) is 0 Å². The van der Waals surface area contributed by atoms with E-state index in [0.717, 1.165) is 16.2 Å². The van der Waals surface area contributed by atoms with Crippen LogP contribution in [0.25, 0.3) is 0 Å². The summed E-state index contributed by atoms with van der Waals surface area (Å²) in [6, 6.07) is 7.16. The third kappa shape index (κ3) is 5.98. The number of amides is 1. The number of esters is 2. The molecule has 0 saturated heterocycles. The molecule has 1 N–H and O–H groups in total. The summed E-state index contributed by atoms with van der Waals surface area (Å²) in [5.41, 5.74) is 0.608. The van der Waals surface area contributed by atoms with Crippen molar-refractivity contribution in [2.75, 3.05) is 18.5 Å². The second kappa shape index (κ2) is 10.7. The molecule has 2 aromatic rings. The third-order valence-electron chi connectivity index (χ3n) is 3.82. The van der Waals surface area contributed by atoms with Gasteiger partial charge in [0.2, 0.25) is 5.91 Å². The van der Waals surface area contributed by atoms with Crippen LogP contribution in [0.15, 0.2) is 29.2 Å². The summed E-state index contributed by atoms with van der Waals surface area (Å²) in [7, 11) is 0. The van der Waals surface area contributed by atoms with Crippen LogP contribution in [-0.2, 0) is 14.3 Å². The van der Waals surface area contributed by atoms with E-state index < -0.39 is 17.2 Å². The van der Waals surface area contributed by atoms with Crippen molar-refractivity contribution < 1.29 is 23.9 Å². The molecule has 0 spiro atoms. The topological polar surface area (TPSA) is 81.7 Å². The monoisotopic (exact) mass is 455 g/mol. The molecule has 0 bridgehead atoms. The molecule has 0 radical (unpaired) electrons. The number of benzene rings is 1. The van der Waals surface area contributed by atoms with E-state index in [1.54, 1.807) is 39.8 Å². The highest BCUT2D eigenvalue weighted by Crippen LogP contribution is 2.35. The summed E-state index contributed by atoms with van der Waals surface area (Å²) >= 11 is 8.25. The van der Waals surface area contributed by atoms with Crippen LogP contribution in [-0.4, -0.2) is 36.3 Å². The lowest BCUT2D eigenvalue weighted by Crippen LogP contribution is -2.23. The van der Waals surface area contributed by atoms with Gasteiger partial charge in [-0.1, -0.05) is 11.6 Å². The van der Waals surface area contributed by atoms with E-state index in [1.807, 2.05) is 12.1 Å². The summed E-state index contributed by atoms with van der Waals surface area (Å²) < 4.78 is 10.1. The maximum atomic E-state index is 12.7. The molecule has 0 saturated carbocycles. The Morgan fingerprint density at radius 1 is 1.10 bits per heavy atom. The van der Waals surface area contributed by atoms with Crippen LogP contribution in [0.5, 0.6) is 0 Å². The molecule has 29 heavy (non-hydrogen) atoms. The van der Waals surface area contributed by atoms with Crippen molar-refractivity contribution in [2.45, 2.75) is 37.8 Å². The SMILES string of the molecule is CCOC(=O)c1sc(NC(=O)[C@H](C)Sc2ccc(Cl)cc2)c(C(=O)OCC)c1C. The molecule has 156 valence electrons. The predicted octanol–water partition coefficient (Wildman–Crippen LogP) is 5.18. The maximum absolute atomic E-state index is 12.7. The van der Waals surface area contributed by atoms with Crippen molar-refractivity contribution in [3.8, 4) is 0 Å². The number of hydrogen-bond donors (Lipinski definition) is 1. The molecular formula is C20H22ClNO5S2. The largest absolute Gasteiger partial charge is 0.462 e. The summed E-state index contributed by atoms with van der Waals surface area (Å²) in [6.07, 6.45) is 0. The molecule has 0 aliphatic heterocycles. The second-order valence-electron chi connectivity index (χ2n) is 5.90. The van der Waals surface area contributed by atoms with E-state index in [2.05, 4.69) is 5.32 Å². The van der Waals surface area contributed by atoms with Crippen molar-refractivity contribution in [1.29, 1.82) is 0 Å². The lowest BCUT2D eigenvalue weighted by atomic mass is 10.1. The van der Waals surface area contributed by atoms with Gasteiger partial charge in [-0.15, -0.1) is 23.1 Å². The average Bonchev–Trinajstić information content (AvgIpc) is 3.00. The summed E-state index contributed by atoms with van der Waals surface area (Å²) in [5.74, 6) is -1.43. The number of ether oxygens (including phenoxy) is 2. The van der Waals surface area contributed by atoms with E-state index in [9.17, 15) is 14.4 Å². The Bertz CT molecular complexity index is 895. The first-order valence-corrected chi connectivity index (χ1v) is 11.1. The van der Waals surface area contributed by atoms with E-state index in [-0.39, 0.29) is 34.6 Å². The van der Waals surface area contributed by atoms with Crippen LogP contribution in [0.1, 0.15) is 46.4 Å². The van der Waals surface area contributed by atoms with Crippen LogP contribution in [0.2, 0.25) is 5.02 Å². The lowest BCUT2D eigenvalue weighted by Gasteiger charge is -2.12. The second-order valence-corrected chi connectivity index (χ2v) is 8.78. The quantitative estimate of drug-likeness (QED) is 0.436. The molecule has 1 atom stereocenters. The zero-order valence-corrected chi connectivity index (χ0v) is 18.9. The van der Waals surface area contributed by atoms with E-state index in [0.29, 0.717) is 10.6 Å². The molecule has 2 rings (SSSR count). The van der Waals surface area contributed by atoms with Gasteiger partial charge in [0.05, 0.1) is 24.0 Å². The van der Waals surface area contributed by atoms with Gasteiger partial charge < -0.3 is 14.8 Å². The number of nitrogens with one attached hydrogen (secondary N) is 1. The number of carbonyl (C=O) groups excluding carboxylic acids is 3. The minimum absolute atomic E-state index is 0.178. The van der Waals surface area contributed by atoms with Crippen LogP contribution >= 0.6 is 34.7 Å². The Hall–Kier alpha value is -2.03. The zero-order chi connectivity index (χ0) is 21.6. The number of rotatable bonds is 8. The third-order valence-corrected chi connectivity index (χ3v) is 6.37. The Morgan fingerprint density at radius 2 is 1.69 bits per heavy atom. The number of thiophene rings is 1. The van der Waals surface area contributed by atoms with Crippen LogP contribution < -0.4 is 5.32 Å². The normalized spacial score (nSPS) is 11.6. The van der Waals surface area contributed by atoms with Gasteiger partial charge in [-0.2, -0.15) is 0 Å². The van der Waals surface area contributed by atoms with Gasteiger partial charge in [-0.05, 0) is 57.5 Å². The Kier molecular flexibility index (Phi) is 8.55. The van der Waals surface area contributed by atoms with Crippen molar-refractivity contribution in [3.05, 3.63) is 45.3 Å². The Morgan fingerprint density at radius 3 is 2.28 bits per heavy atom. The predicted molar refractivity (Wildman–Crippen MR) is 116 cm³/mol. The fraction of sp³-hybridized carbons (Fsp3) is 0.350. The highest BCUT2D eigenvalue weighted by atomic mass is 35.5. The Labute approximate surface area is 182 Å². The smallest absolute Gasteiger partial charge is 0.348 e. The van der Waals surface area contributed by atoms with Gasteiger partial charge >= 0.3 is 11.9 Å². The average molecular weight is 456 g/mol. The number of thioether (sulfide) groups is 1. The molecule has 0 aliphatic carbocycles. The molecule has 0 aliphatic rings. The first kappa shape index (κ1) is 23.3. The summed E-state index contributed by atoms with van der Waals surface area (Å²) in [6.45, 7) is 7.17. The fourth-order valence-electron chi connectivity index (χ4n) is 2.43. The number of halogens is 1. The summed E-state index contributed by atoms with van der Waals surface area (Å²) in [4.78, 5) is 38.5. The van der Waals surface area contributed by atoms with Crippen LogP contribution in [0, 0.1) is 6.92 Å². The number of hydrogen-bond acceptors (Lipinski definition) is 7. The molecule has 1 amide bonds. The van der Waals surface area contributed by atoms with Crippen molar-refractivity contribution in [1.82, 2.24) is 0 Å². The van der Waals surface area contributed by atoms with Gasteiger partial charge in [0.1, 0.15) is 9.88 Å². The highest BCUT2D eigenvalue weighted by Gasteiger charge is 2.28. The van der Waals surface area contributed by atoms with E-state index in [1.165, 1.54) is 11.8 Å². The van der Waals surface area contributed by atoms with Gasteiger partial charge in [-0.3, -0.25) is 4.79 Å². The van der Waals surface area contributed by atoms with Gasteiger partial charge in [-0.25, -0.2) is 9.59 Å². The number of anilines is 1. The molecule has 9 heteroatoms. The minimum atomic E-state index is -0.592. The highest BCUT2D eigenvalue weighted by molar-refractivity contribution is 8.00. The van der Waals surface area contributed by atoms with Gasteiger partial charge in [0.25, 0.3) is 0 Å². The molecule has 0 unspecified atom stereocenters. The van der Waals surface area contributed by atoms with E-state index in [4.69, 9.17) is 21.1 Å². The van der Waals surface area contributed by atoms with Gasteiger partial charge in [0, 0.05) is 9.92 Å². The van der Waals surface area contributed by atoms with Crippen molar-refractivity contribution in [3.63, 3.8) is 0 Å². The molecule has 1 heterocycles.